The topological polar surface area (TPSA) is 9.23 Å². The van der Waals surface area contributed by atoms with E-state index in [1.165, 1.54) is 20.7 Å². The van der Waals surface area contributed by atoms with Crippen molar-refractivity contribution in [3.63, 3.8) is 0 Å². The van der Waals surface area contributed by atoms with Crippen LogP contribution in [0.1, 0.15) is 0 Å². The molecule has 0 saturated carbocycles. The Morgan fingerprint density at radius 1 is 0.357 bits per heavy atom. The van der Waals surface area contributed by atoms with Gasteiger partial charge in [-0.05, 0) is 20.7 Å². The average Bonchev–Trinajstić information content (AvgIpc) is 2.77. The summed E-state index contributed by atoms with van der Waals surface area (Å²) in [4.78, 5) is 0. The largest absolute Gasteiger partial charge is 0.446 e. The first-order valence-corrected chi connectivity index (χ1v) is 12.5. The van der Waals surface area contributed by atoms with Crippen LogP contribution in [0.4, 0.5) is 0 Å². The van der Waals surface area contributed by atoms with Gasteiger partial charge in [0.1, 0.15) is 0 Å². The summed E-state index contributed by atoms with van der Waals surface area (Å²) in [6, 6.07) is 42.9. The van der Waals surface area contributed by atoms with E-state index in [1.807, 2.05) is 0 Å². The maximum Gasteiger partial charge on any atom is 0.228 e. The molecule has 4 aromatic rings. The van der Waals surface area contributed by atoms with Crippen LogP contribution >= 0.6 is 0 Å². The van der Waals surface area contributed by atoms with E-state index in [0.29, 0.717) is 0 Å². The number of rotatable bonds is 6. The molecule has 0 aliphatic carbocycles. The molecular formula is C24H22OPtSi2. The van der Waals surface area contributed by atoms with E-state index in [-0.39, 0.29) is 21.1 Å². The van der Waals surface area contributed by atoms with Gasteiger partial charge in [0.15, 0.2) is 0 Å². The zero-order valence-corrected chi connectivity index (χ0v) is 20.0. The molecular weight excluding hydrogens is 556 g/mol. The molecule has 0 amide bonds. The molecule has 28 heavy (non-hydrogen) atoms. The van der Waals surface area contributed by atoms with Gasteiger partial charge in [-0.15, -0.1) is 0 Å². The van der Waals surface area contributed by atoms with Gasteiger partial charge in [0.2, 0.25) is 18.1 Å². The van der Waals surface area contributed by atoms with E-state index in [1.54, 1.807) is 0 Å². The zero-order chi connectivity index (χ0) is 18.3. The van der Waals surface area contributed by atoms with Crippen LogP contribution in [0.3, 0.4) is 0 Å². The molecule has 0 atom stereocenters. The molecule has 4 heteroatoms. The van der Waals surface area contributed by atoms with Gasteiger partial charge in [0, 0.05) is 21.1 Å². The standard InChI is InChI=1S/C24H22OSi2.Pt/c1-5-13-21(14-6-1)26(22-15-7-2-8-16-22)25-27(23-17-9-3-10-18-23)24-19-11-4-12-20-24;/h1-20,26-27H;. The van der Waals surface area contributed by atoms with Crippen molar-refractivity contribution in [2.24, 2.45) is 0 Å². The summed E-state index contributed by atoms with van der Waals surface area (Å²) < 4.78 is 7.07. The Morgan fingerprint density at radius 2 is 0.571 bits per heavy atom. The molecule has 0 bridgehead atoms. The Labute approximate surface area is 184 Å². The Morgan fingerprint density at radius 3 is 0.786 bits per heavy atom. The summed E-state index contributed by atoms with van der Waals surface area (Å²) in [5, 5.41) is 5.31. The van der Waals surface area contributed by atoms with E-state index in [0.717, 1.165) is 0 Å². The maximum atomic E-state index is 7.07. The molecule has 0 aromatic heterocycles. The molecule has 0 aliphatic rings. The summed E-state index contributed by atoms with van der Waals surface area (Å²) >= 11 is 0. The second-order valence-corrected chi connectivity index (χ2v) is 11.8. The van der Waals surface area contributed by atoms with Gasteiger partial charge in [-0.3, -0.25) is 0 Å². The van der Waals surface area contributed by atoms with Gasteiger partial charge in [-0.2, -0.15) is 0 Å². The van der Waals surface area contributed by atoms with Crippen molar-refractivity contribution in [3.8, 4) is 0 Å². The minimum Gasteiger partial charge on any atom is -0.446 e. The molecule has 0 unspecified atom stereocenters. The van der Waals surface area contributed by atoms with Crippen molar-refractivity contribution in [3.05, 3.63) is 121 Å². The van der Waals surface area contributed by atoms with Crippen molar-refractivity contribution >= 4 is 38.8 Å². The second-order valence-electron chi connectivity index (χ2n) is 6.54. The summed E-state index contributed by atoms with van der Waals surface area (Å²) in [7, 11) is -3.57. The normalized spacial score (nSPS) is 10.6. The summed E-state index contributed by atoms with van der Waals surface area (Å²) in [6.07, 6.45) is 0. The number of hydrogen-bond donors (Lipinski definition) is 0. The Hall–Kier alpha value is -2.04. The third-order valence-corrected chi connectivity index (χ3v) is 10.8. The zero-order valence-electron chi connectivity index (χ0n) is 15.4. The van der Waals surface area contributed by atoms with Gasteiger partial charge in [-0.25, -0.2) is 0 Å². The van der Waals surface area contributed by atoms with Crippen molar-refractivity contribution < 1.29 is 25.2 Å². The van der Waals surface area contributed by atoms with Gasteiger partial charge in [-0.1, -0.05) is 121 Å². The van der Waals surface area contributed by atoms with Crippen LogP contribution in [0.25, 0.3) is 0 Å². The van der Waals surface area contributed by atoms with Crippen LogP contribution in [0.2, 0.25) is 0 Å². The molecule has 0 N–H and O–H groups in total. The Balaban J connectivity index is 0.00000225. The van der Waals surface area contributed by atoms with E-state index in [4.69, 9.17) is 4.12 Å². The molecule has 1 nitrogen and oxygen atoms in total. The first-order valence-electron chi connectivity index (χ1n) is 9.27. The summed E-state index contributed by atoms with van der Waals surface area (Å²) in [6.45, 7) is 0. The third-order valence-electron chi connectivity index (χ3n) is 4.68. The predicted molar refractivity (Wildman–Crippen MR) is 120 cm³/mol. The second kappa shape index (κ2) is 10.5. The van der Waals surface area contributed by atoms with Crippen LogP contribution < -0.4 is 20.7 Å². The maximum absolute atomic E-state index is 7.07. The van der Waals surface area contributed by atoms with E-state index in [9.17, 15) is 0 Å². The fourth-order valence-corrected chi connectivity index (χ4v) is 10.0. The monoisotopic (exact) mass is 577 g/mol. The van der Waals surface area contributed by atoms with E-state index < -0.39 is 18.1 Å². The van der Waals surface area contributed by atoms with Crippen molar-refractivity contribution in [1.82, 2.24) is 0 Å². The molecule has 4 aromatic carbocycles. The molecule has 0 aliphatic heterocycles. The van der Waals surface area contributed by atoms with Gasteiger partial charge < -0.3 is 4.12 Å². The van der Waals surface area contributed by atoms with Crippen molar-refractivity contribution in [1.29, 1.82) is 0 Å². The minimum absolute atomic E-state index is 0. The molecule has 142 valence electrons. The predicted octanol–water partition coefficient (Wildman–Crippen LogP) is 2.08. The van der Waals surface area contributed by atoms with Crippen LogP contribution in [0.5, 0.6) is 0 Å². The summed E-state index contributed by atoms with van der Waals surface area (Å²) in [5.41, 5.74) is 0. The van der Waals surface area contributed by atoms with Gasteiger partial charge >= 0.3 is 0 Å². The van der Waals surface area contributed by atoms with Crippen LogP contribution in [-0.4, -0.2) is 18.1 Å². The van der Waals surface area contributed by atoms with Crippen molar-refractivity contribution in [2.75, 3.05) is 0 Å². The first-order chi connectivity index (χ1) is 13.4. The van der Waals surface area contributed by atoms with Crippen LogP contribution in [0.15, 0.2) is 121 Å². The van der Waals surface area contributed by atoms with Crippen molar-refractivity contribution in [2.45, 2.75) is 0 Å². The Kier molecular flexibility index (Phi) is 7.75. The van der Waals surface area contributed by atoms with Crippen LogP contribution in [0, 0.1) is 0 Å². The molecule has 4 rings (SSSR count). The summed E-state index contributed by atoms with van der Waals surface area (Å²) in [5.74, 6) is 0. The first kappa shape index (κ1) is 20.7. The SMILES string of the molecule is [Pt].c1ccc([SiH](O[SiH](c2ccccc2)c2ccccc2)c2ccccc2)cc1. The van der Waals surface area contributed by atoms with Gasteiger partial charge in [0.05, 0.1) is 0 Å². The fourth-order valence-electron chi connectivity index (χ4n) is 3.35. The average molecular weight is 578 g/mol. The third kappa shape index (κ3) is 5.06. The Bertz CT molecular complexity index is 791. The molecule has 0 fully saturated rings. The van der Waals surface area contributed by atoms with E-state index >= 15 is 0 Å². The molecule has 0 saturated heterocycles. The quantitative estimate of drug-likeness (QED) is 0.319. The molecule has 0 radical (unpaired) electrons. The number of benzene rings is 4. The molecule has 0 heterocycles. The van der Waals surface area contributed by atoms with Crippen LogP contribution in [-0.2, 0) is 25.2 Å². The fraction of sp³-hybridized carbons (Fsp3) is 0. The molecule has 0 spiro atoms. The van der Waals surface area contributed by atoms with Gasteiger partial charge in [0.25, 0.3) is 0 Å². The number of hydrogen-bond acceptors (Lipinski definition) is 1. The smallest absolute Gasteiger partial charge is 0.228 e. The minimum atomic E-state index is -1.79. The van der Waals surface area contributed by atoms with E-state index in [2.05, 4.69) is 121 Å².